The number of ketones is 1. The molecule has 2 saturated heterocycles. The number of hydrogen-bond donors (Lipinski definition) is 1. The van der Waals surface area contributed by atoms with Crippen molar-refractivity contribution in [2.45, 2.75) is 19.0 Å². The Morgan fingerprint density at radius 1 is 1.11 bits per heavy atom. The van der Waals surface area contributed by atoms with Crippen LogP contribution in [0.4, 0.5) is 21.7 Å². The molecule has 2 aliphatic rings. The van der Waals surface area contributed by atoms with Gasteiger partial charge in [-0.15, -0.1) is 0 Å². The first-order valence-electron chi connectivity index (χ1n) is 12.2. The molecule has 190 valence electrons. The third kappa shape index (κ3) is 6.22. The van der Waals surface area contributed by atoms with E-state index in [0.717, 1.165) is 13.1 Å². The van der Waals surface area contributed by atoms with Crippen molar-refractivity contribution < 1.29 is 13.9 Å². The van der Waals surface area contributed by atoms with E-state index in [1.807, 2.05) is 17.0 Å². The van der Waals surface area contributed by atoms with Gasteiger partial charge >= 0.3 is 0 Å². The van der Waals surface area contributed by atoms with E-state index >= 15 is 0 Å². The van der Waals surface area contributed by atoms with Crippen LogP contribution < -0.4 is 10.2 Å². The number of Topliss-reactive ketones (excluding diaryl/α,β-unsaturated/α-hetero) is 1. The van der Waals surface area contributed by atoms with Crippen molar-refractivity contribution in [3.63, 3.8) is 0 Å². The van der Waals surface area contributed by atoms with Crippen LogP contribution >= 0.6 is 0 Å². The molecule has 37 heavy (non-hydrogen) atoms. The molecule has 2 fully saturated rings. The lowest BCUT2D eigenvalue weighted by atomic mass is 10.2. The van der Waals surface area contributed by atoms with Gasteiger partial charge in [-0.1, -0.05) is 0 Å². The molecule has 0 amide bonds. The molecule has 3 aromatic rings. The Hall–Kier alpha value is -4.01. The number of hydrogen-bond acceptors (Lipinski definition) is 10. The molecule has 0 spiro atoms. The summed E-state index contributed by atoms with van der Waals surface area (Å²) in [6.07, 6.45) is 3.08. The van der Waals surface area contributed by atoms with Gasteiger partial charge in [0.05, 0.1) is 55.1 Å². The first kappa shape index (κ1) is 24.7. The average molecular weight is 503 g/mol. The molecule has 1 atom stereocenters. The molecular formula is C26H27FN8O2. The van der Waals surface area contributed by atoms with E-state index in [-0.39, 0.29) is 24.4 Å². The van der Waals surface area contributed by atoms with Gasteiger partial charge in [0.2, 0.25) is 5.95 Å². The van der Waals surface area contributed by atoms with Crippen molar-refractivity contribution in [2.24, 2.45) is 0 Å². The van der Waals surface area contributed by atoms with Crippen LogP contribution in [0.1, 0.15) is 17.8 Å². The first-order valence-corrected chi connectivity index (χ1v) is 12.2. The molecule has 3 aromatic heterocycles. The van der Waals surface area contributed by atoms with Gasteiger partial charge in [0.1, 0.15) is 12.2 Å². The summed E-state index contributed by atoms with van der Waals surface area (Å²) in [4.78, 5) is 34.0. The Morgan fingerprint density at radius 3 is 2.68 bits per heavy atom. The smallest absolute Gasteiger partial charge is 0.227 e. The molecule has 0 aromatic carbocycles. The van der Waals surface area contributed by atoms with Crippen LogP contribution in [0.2, 0.25) is 0 Å². The summed E-state index contributed by atoms with van der Waals surface area (Å²) >= 11 is 0. The van der Waals surface area contributed by atoms with Gasteiger partial charge in [-0.3, -0.25) is 14.7 Å². The zero-order chi connectivity index (χ0) is 25.6. The predicted octanol–water partition coefficient (Wildman–Crippen LogP) is 2.54. The van der Waals surface area contributed by atoms with Gasteiger partial charge in [-0.25, -0.2) is 19.3 Å². The maximum absolute atomic E-state index is 13.6. The van der Waals surface area contributed by atoms with Gasteiger partial charge < -0.3 is 15.0 Å². The summed E-state index contributed by atoms with van der Waals surface area (Å²) in [5.74, 6) is 0.468. The number of nitrogens with zero attached hydrogens (tertiary/aromatic N) is 7. The number of carbonyl (C=O) groups is 1. The fourth-order valence-corrected chi connectivity index (χ4v) is 4.43. The molecular weight excluding hydrogens is 475 g/mol. The lowest BCUT2D eigenvalue weighted by Crippen LogP contribution is -2.39. The monoisotopic (exact) mass is 502 g/mol. The number of rotatable bonds is 8. The minimum absolute atomic E-state index is 0.121. The Labute approximate surface area is 214 Å². The summed E-state index contributed by atoms with van der Waals surface area (Å²) in [6.45, 7) is 4.11. The van der Waals surface area contributed by atoms with E-state index in [0.29, 0.717) is 67.1 Å². The summed E-state index contributed by atoms with van der Waals surface area (Å²) in [6, 6.07) is 11.0. The van der Waals surface area contributed by atoms with Crippen LogP contribution in [-0.4, -0.2) is 82.7 Å². The number of nitriles is 1. The highest BCUT2D eigenvalue weighted by Crippen LogP contribution is 2.27. The number of ether oxygens (including phenoxy) is 1. The van der Waals surface area contributed by atoms with Gasteiger partial charge in [0, 0.05) is 38.1 Å². The van der Waals surface area contributed by atoms with Gasteiger partial charge in [0.15, 0.2) is 11.5 Å². The number of carbonyl (C=O) groups excluding carboxylic acids is 1. The van der Waals surface area contributed by atoms with E-state index in [1.54, 1.807) is 30.6 Å². The average Bonchev–Trinajstić information content (AvgIpc) is 3.36. The SMILES string of the molecule is N#Cc1nc(-c2ccnc(Nc3ccc(CC(=O)CN4CCOCC4)nc3)n2)ccc1N1CC[C@H](F)C1. The first-order chi connectivity index (χ1) is 18.1. The highest BCUT2D eigenvalue weighted by Gasteiger charge is 2.24. The molecule has 5 heterocycles. The number of morpholine rings is 1. The van der Waals surface area contributed by atoms with Crippen LogP contribution in [-0.2, 0) is 16.0 Å². The fraction of sp³-hybridized carbons (Fsp3) is 0.385. The summed E-state index contributed by atoms with van der Waals surface area (Å²) in [5, 5.41) is 12.7. The van der Waals surface area contributed by atoms with E-state index in [4.69, 9.17) is 4.74 Å². The van der Waals surface area contributed by atoms with Crippen LogP contribution in [0.5, 0.6) is 0 Å². The third-order valence-electron chi connectivity index (χ3n) is 6.33. The molecule has 5 rings (SSSR count). The minimum atomic E-state index is -0.888. The highest BCUT2D eigenvalue weighted by atomic mass is 19.1. The lowest BCUT2D eigenvalue weighted by molar-refractivity contribution is -0.120. The quantitative estimate of drug-likeness (QED) is 0.492. The Morgan fingerprint density at radius 2 is 1.95 bits per heavy atom. The third-order valence-corrected chi connectivity index (χ3v) is 6.33. The highest BCUT2D eigenvalue weighted by molar-refractivity contribution is 5.82. The lowest BCUT2D eigenvalue weighted by Gasteiger charge is -2.25. The van der Waals surface area contributed by atoms with Crippen molar-refractivity contribution in [1.82, 2.24) is 24.8 Å². The molecule has 0 unspecified atom stereocenters. The second-order valence-electron chi connectivity index (χ2n) is 9.04. The van der Waals surface area contributed by atoms with Gasteiger partial charge in [0.25, 0.3) is 0 Å². The molecule has 2 aliphatic heterocycles. The minimum Gasteiger partial charge on any atom is -0.379 e. The maximum atomic E-state index is 13.6. The summed E-state index contributed by atoms with van der Waals surface area (Å²) < 4.78 is 19.0. The summed E-state index contributed by atoms with van der Waals surface area (Å²) in [5.41, 5.74) is 3.31. The fourth-order valence-electron chi connectivity index (χ4n) is 4.43. The summed E-state index contributed by atoms with van der Waals surface area (Å²) in [7, 11) is 0. The molecule has 1 N–H and O–H groups in total. The Kier molecular flexibility index (Phi) is 7.58. The molecule has 10 nitrogen and oxygen atoms in total. The Balaban J connectivity index is 1.23. The van der Waals surface area contributed by atoms with Gasteiger partial charge in [-0.05, 0) is 36.8 Å². The maximum Gasteiger partial charge on any atom is 0.227 e. The number of alkyl halides is 1. The van der Waals surface area contributed by atoms with Crippen LogP contribution in [0.25, 0.3) is 11.4 Å². The second-order valence-corrected chi connectivity index (χ2v) is 9.04. The van der Waals surface area contributed by atoms with Crippen molar-refractivity contribution in [2.75, 3.05) is 56.2 Å². The van der Waals surface area contributed by atoms with E-state index < -0.39 is 6.17 Å². The largest absolute Gasteiger partial charge is 0.379 e. The standard InChI is InChI=1S/C26H27FN8O2/c27-18-6-8-35(16-18)25-4-3-22(32-24(25)14-28)23-5-7-29-26(33-23)31-20-2-1-19(30-15-20)13-21(36)17-34-9-11-37-12-10-34/h1-5,7,15,18H,6,8-13,16-17H2,(H,29,31,33)/t18-/m0/s1. The van der Waals surface area contributed by atoms with Crippen LogP contribution in [0.15, 0.2) is 42.7 Å². The van der Waals surface area contributed by atoms with E-state index in [9.17, 15) is 14.4 Å². The normalized spacial score (nSPS) is 17.9. The number of pyridine rings is 2. The number of aromatic nitrogens is 4. The van der Waals surface area contributed by atoms with Gasteiger partial charge in [-0.2, -0.15) is 5.26 Å². The molecule has 0 saturated carbocycles. The zero-order valence-electron chi connectivity index (χ0n) is 20.3. The topological polar surface area (TPSA) is 120 Å². The predicted molar refractivity (Wildman–Crippen MR) is 135 cm³/mol. The van der Waals surface area contributed by atoms with Crippen molar-refractivity contribution in [3.8, 4) is 17.5 Å². The zero-order valence-corrected chi connectivity index (χ0v) is 20.3. The molecule has 0 aliphatic carbocycles. The molecule has 0 radical (unpaired) electrons. The Bertz CT molecular complexity index is 1290. The molecule has 11 heteroatoms. The molecule has 0 bridgehead atoms. The van der Waals surface area contributed by atoms with E-state index in [1.165, 1.54) is 0 Å². The number of anilines is 3. The van der Waals surface area contributed by atoms with E-state index in [2.05, 4.69) is 36.2 Å². The van der Waals surface area contributed by atoms with Crippen molar-refractivity contribution in [3.05, 3.63) is 54.1 Å². The number of halogens is 1. The second kappa shape index (κ2) is 11.4. The van der Waals surface area contributed by atoms with Crippen LogP contribution in [0, 0.1) is 11.3 Å². The number of nitrogens with one attached hydrogen (secondary N) is 1. The van der Waals surface area contributed by atoms with Crippen LogP contribution in [0.3, 0.4) is 0 Å². The van der Waals surface area contributed by atoms with Crippen molar-refractivity contribution in [1.29, 1.82) is 5.26 Å². The van der Waals surface area contributed by atoms with Crippen molar-refractivity contribution >= 4 is 23.1 Å².